The van der Waals surface area contributed by atoms with E-state index >= 15 is 0 Å². The van der Waals surface area contributed by atoms with E-state index in [1.807, 2.05) is 30.3 Å². The average molecular weight is 489 g/mol. The Morgan fingerprint density at radius 3 is 2.79 bits per heavy atom. The highest BCUT2D eigenvalue weighted by Crippen LogP contribution is 2.28. The molecule has 0 radical (unpaired) electrons. The van der Waals surface area contributed by atoms with E-state index < -0.39 is 22.2 Å². The van der Waals surface area contributed by atoms with Crippen molar-refractivity contribution in [3.8, 4) is 5.75 Å². The van der Waals surface area contributed by atoms with E-state index in [4.69, 9.17) is 13.7 Å². The van der Waals surface area contributed by atoms with Crippen LogP contribution in [-0.4, -0.2) is 72.5 Å². The second-order valence-electron chi connectivity index (χ2n) is 8.57. The number of para-hydroxylation sites is 1. The molecule has 3 aromatic rings. The fourth-order valence-electron chi connectivity index (χ4n) is 4.26. The number of hydrogen-bond donors (Lipinski definition) is 2. The number of rotatable bonds is 9. The Hall–Kier alpha value is -2.92. The zero-order chi connectivity index (χ0) is 24.3. The van der Waals surface area contributed by atoms with Crippen molar-refractivity contribution < 1.29 is 32.0 Å². The van der Waals surface area contributed by atoms with Gasteiger partial charge in [-0.15, -0.1) is 0 Å². The van der Waals surface area contributed by atoms with Gasteiger partial charge in [0.15, 0.2) is 0 Å². The van der Waals surface area contributed by atoms with Crippen LogP contribution >= 0.6 is 0 Å². The van der Waals surface area contributed by atoms with Gasteiger partial charge >= 0.3 is 10.1 Å². The monoisotopic (exact) mass is 488 g/mol. The molecule has 1 fully saturated rings. The highest BCUT2D eigenvalue weighted by atomic mass is 32.2. The van der Waals surface area contributed by atoms with Gasteiger partial charge in [0.2, 0.25) is 11.8 Å². The van der Waals surface area contributed by atoms with Crippen LogP contribution in [0.1, 0.15) is 23.6 Å². The second kappa shape index (κ2) is 10.1. The Bertz CT molecular complexity index is 1260. The topological polar surface area (TPSA) is 121 Å². The Kier molecular flexibility index (Phi) is 7.22. The number of aliphatic hydroxyl groups excluding tert-OH is 1. The van der Waals surface area contributed by atoms with Gasteiger partial charge in [-0.3, -0.25) is 14.2 Å². The van der Waals surface area contributed by atoms with Crippen LogP contribution in [0.4, 0.5) is 0 Å². The number of likely N-dealkylation sites (N-methyl/N-ethyl adjacent to an activating group) is 1. The molecule has 2 atom stereocenters. The first-order valence-corrected chi connectivity index (χ1v) is 12.6. The summed E-state index contributed by atoms with van der Waals surface area (Å²) in [7, 11) is -2.56. The van der Waals surface area contributed by atoms with E-state index in [-0.39, 0.29) is 24.1 Å². The molecule has 1 aliphatic rings. The summed E-state index contributed by atoms with van der Waals surface area (Å²) in [5.74, 6) is -0.703. The molecule has 34 heavy (non-hydrogen) atoms. The predicted octanol–water partition coefficient (Wildman–Crippen LogP) is 2.47. The Morgan fingerprint density at radius 2 is 2.06 bits per heavy atom. The number of furan rings is 1. The zero-order valence-electron chi connectivity index (χ0n) is 18.8. The largest absolute Gasteiger partial charge is 0.475 e. The van der Waals surface area contributed by atoms with Gasteiger partial charge < -0.3 is 19.2 Å². The maximum atomic E-state index is 13.3. The maximum Gasteiger partial charge on any atom is 0.300 e. The van der Waals surface area contributed by atoms with E-state index in [0.717, 1.165) is 22.1 Å². The zero-order valence-corrected chi connectivity index (χ0v) is 19.6. The number of fused-ring (bicyclic) bond motifs is 1. The fraction of sp³-hybridized carbons (Fsp3) is 0.375. The number of nitrogens with zero attached hydrogens (tertiary/aromatic N) is 2. The minimum atomic E-state index is -4.29. The summed E-state index contributed by atoms with van der Waals surface area (Å²) in [6.45, 7) is 1.72. The molecule has 2 N–H and O–H groups in total. The van der Waals surface area contributed by atoms with Crippen LogP contribution < -0.4 is 4.74 Å². The molecule has 1 saturated heterocycles. The van der Waals surface area contributed by atoms with Crippen LogP contribution in [0.25, 0.3) is 11.0 Å². The smallest absolute Gasteiger partial charge is 0.300 e. The Balaban J connectivity index is 1.57. The quantitative estimate of drug-likeness (QED) is 0.441. The van der Waals surface area contributed by atoms with E-state index in [1.54, 1.807) is 36.4 Å². The minimum Gasteiger partial charge on any atom is -0.475 e. The molecular formula is C24H28N2O7S. The van der Waals surface area contributed by atoms with Crippen LogP contribution in [-0.2, 0) is 21.3 Å². The van der Waals surface area contributed by atoms with E-state index in [9.17, 15) is 18.3 Å². The molecule has 2 aromatic carbocycles. The van der Waals surface area contributed by atoms with Gasteiger partial charge in [0.05, 0.1) is 24.8 Å². The summed E-state index contributed by atoms with van der Waals surface area (Å²) in [4.78, 5) is 17.1. The molecule has 1 aliphatic heterocycles. The molecule has 2 unspecified atom stereocenters. The number of benzene rings is 2. The number of aliphatic hydroxyl groups is 1. The van der Waals surface area contributed by atoms with Crippen molar-refractivity contribution in [2.45, 2.75) is 25.0 Å². The molecule has 0 aliphatic carbocycles. The first kappa shape index (κ1) is 24.2. The van der Waals surface area contributed by atoms with E-state index in [1.165, 1.54) is 0 Å². The number of ether oxygens (including phenoxy) is 1. The first-order chi connectivity index (χ1) is 16.2. The average Bonchev–Trinajstić information content (AvgIpc) is 3.41. The van der Waals surface area contributed by atoms with E-state index in [2.05, 4.69) is 4.90 Å². The molecule has 1 amide bonds. The third-order valence-corrected chi connectivity index (χ3v) is 6.48. The molecule has 0 bridgehead atoms. The van der Waals surface area contributed by atoms with Crippen LogP contribution in [0.15, 0.2) is 59.2 Å². The molecule has 0 spiro atoms. The van der Waals surface area contributed by atoms with Crippen molar-refractivity contribution in [2.24, 2.45) is 0 Å². The van der Waals surface area contributed by atoms with Crippen molar-refractivity contribution in [3.63, 3.8) is 0 Å². The van der Waals surface area contributed by atoms with Gasteiger partial charge in [-0.1, -0.05) is 30.3 Å². The van der Waals surface area contributed by atoms with Crippen LogP contribution in [0.3, 0.4) is 0 Å². The Morgan fingerprint density at radius 1 is 1.26 bits per heavy atom. The minimum absolute atomic E-state index is 0.111. The molecule has 2 heterocycles. The predicted molar refractivity (Wildman–Crippen MR) is 126 cm³/mol. The second-order valence-corrected chi connectivity index (χ2v) is 9.97. The fourth-order valence-corrected chi connectivity index (χ4v) is 4.54. The van der Waals surface area contributed by atoms with Gasteiger partial charge in [0.1, 0.15) is 11.3 Å². The van der Waals surface area contributed by atoms with Crippen molar-refractivity contribution in [1.29, 1.82) is 0 Å². The third-order valence-electron chi connectivity index (χ3n) is 6.06. The lowest BCUT2D eigenvalue weighted by Crippen LogP contribution is -2.39. The lowest BCUT2D eigenvalue weighted by Gasteiger charge is -2.32. The van der Waals surface area contributed by atoms with Crippen LogP contribution in [0.5, 0.6) is 5.75 Å². The normalized spacial score (nSPS) is 17.7. The standard InChI is InChI=1S/C24H28N2O7S/c1-25(24(28)12-18-15-32-23-8-3-2-7-21(18)23)22(14-26-10-9-19(27)13-26)17-5-4-6-20(11-17)33-16-34(29,30)31/h2-8,11,15,19,22,27H,9-10,12-14,16H2,1H3,(H,29,30,31). The number of amides is 1. The summed E-state index contributed by atoms with van der Waals surface area (Å²) in [5.41, 5.74) is 2.27. The van der Waals surface area contributed by atoms with Crippen molar-refractivity contribution in [1.82, 2.24) is 9.80 Å². The lowest BCUT2D eigenvalue weighted by molar-refractivity contribution is -0.131. The van der Waals surface area contributed by atoms with Gasteiger partial charge in [-0.25, -0.2) is 0 Å². The molecule has 182 valence electrons. The number of β-amino-alcohol motifs (C(OH)–C–C–N with tert-alkyl or cyclic N) is 1. The summed E-state index contributed by atoms with van der Waals surface area (Å²) >= 11 is 0. The summed E-state index contributed by atoms with van der Waals surface area (Å²) in [6, 6.07) is 14.0. The number of likely N-dealkylation sites (tertiary alicyclic amines) is 1. The van der Waals surface area contributed by atoms with Crippen molar-refractivity contribution in [2.75, 3.05) is 32.6 Å². The molecule has 4 rings (SSSR count). The van der Waals surface area contributed by atoms with Crippen LogP contribution in [0, 0.1) is 0 Å². The third kappa shape index (κ3) is 5.95. The van der Waals surface area contributed by atoms with Crippen LogP contribution in [0.2, 0.25) is 0 Å². The summed E-state index contributed by atoms with van der Waals surface area (Å²) in [6.07, 6.45) is 2.03. The highest BCUT2D eigenvalue weighted by molar-refractivity contribution is 7.85. The van der Waals surface area contributed by atoms with Gasteiger partial charge in [0, 0.05) is 37.6 Å². The van der Waals surface area contributed by atoms with Gasteiger partial charge in [-0.05, 0) is 30.2 Å². The summed E-state index contributed by atoms with van der Waals surface area (Å²) in [5, 5.41) is 10.9. The SMILES string of the molecule is CN(C(=O)Cc1coc2ccccc12)C(CN1CCC(O)C1)c1cccc(OCS(=O)(=O)O)c1. The van der Waals surface area contributed by atoms with Gasteiger partial charge in [0.25, 0.3) is 0 Å². The van der Waals surface area contributed by atoms with Crippen molar-refractivity contribution >= 4 is 27.0 Å². The first-order valence-electron chi connectivity index (χ1n) is 11.0. The van der Waals surface area contributed by atoms with E-state index in [0.29, 0.717) is 26.1 Å². The van der Waals surface area contributed by atoms with Crippen molar-refractivity contribution in [3.05, 3.63) is 65.9 Å². The highest BCUT2D eigenvalue weighted by Gasteiger charge is 2.29. The summed E-state index contributed by atoms with van der Waals surface area (Å²) < 4.78 is 41.9. The maximum absolute atomic E-state index is 13.3. The molecule has 10 heteroatoms. The molecule has 1 aromatic heterocycles. The molecule has 9 nitrogen and oxygen atoms in total. The van der Waals surface area contributed by atoms with Gasteiger partial charge in [-0.2, -0.15) is 8.42 Å². The lowest BCUT2D eigenvalue weighted by atomic mass is 10.0. The number of carbonyl (C=O) groups excluding carboxylic acids is 1. The number of carbonyl (C=O) groups is 1. The number of hydrogen-bond acceptors (Lipinski definition) is 7. The molecule has 0 saturated carbocycles. The molecular weight excluding hydrogens is 460 g/mol. The Labute approximate surface area is 198 Å².